The molecule has 0 atom stereocenters. The summed E-state index contributed by atoms with van der Waals surface area (Å²) in [4.78, 5) is 12.3. The van der Waals surface area contributed by atoms with Crippen molar-refractivity contribution >= 4 is 5.97 Å². The van der Waals surface area contributed by atoms with Gasteiger partial charge < -0.3 is 18.9 Å². The number of allylic oxidation sites excluding steroid dienone is 1. The molecule has 0 radical (unpaired) electrons. The molecule has 0 amide bonds. The van der Waals surface area contributed by atoms with E-state index in [4.69, 9.17) is 18.9 Å². The van der Waals surface area contributed by atoms with Gasteiger partial charge >= 0.3 is 18.3 Å². The first kappa shape index (κ1) is 28.2. The van der Waals surface area contributed by atoms with Gasteiger partial charge in [-0.05, 0) is 55.5 Å². The lowest BCUT2D eigenvalue weighted by Crippen LogP contribution is -2.26. The number of halogens is 6. The molecule has 1 aliphatic heterocycles. The average molecular weight is 552 g/mol. The van der Waals surface area contributed by atoms with Crippen LogP contribution in [0, 0.1) is 11.7 Å². The minimum Gasteiger partial charge on any atom is -0.429 e. The number of benzene rings is 3. The Morgan fingerprint density at radius 1 is 0.897 bits per heavy atom. The van der Waals surface area contributed by atoms with Crippen molar-refractivity contribution in [2.45, 2.75) is 25.5 Å². The minimum absolute atomic E-state index is 0.125. The van der Waals surface area contributed by atoms with Gasteiger partial charge in [-0.25, -0.2) is 9.18 Å². The van der Waals surface area contributed by atoms with E-state index < -0.39 is 47.2 Å². The quantitative estimate of drug-likeness (QED) is 0.132. The Morgan fingerprint density at radius 2 is 1.51 bits per heavy atom. The number of rotatable bonds is 7. The summed E-state index contributed by atoms with van der Waals surface area (Å²) in [5, 5.41) is 0. The molecule has 0 N–H and O–H groups in total. The summed E-state index contributed by atoms with van der Waals surface area (Å²) in [6.45, 7) is 2.78. The minimum atomic E-state index is -4.90. The van der Waals surface area contributed by atoms with E-state index >= 15 is 0 Å². The molecule has 0 unspecified atom stereocenters. The Bertz CT molecular complexity index is 1310. The number of hydrogen-bond acceptors (Lipinski definition) is 5. The maximum absolute atomic E-state index is 14.8. The molecule has 3 aromatic carbocycles. The summed E-state index contributed by atoms with van der Waals surface area (Å²) >= 11 is 0. The molecule has 1 fully saturated rings. The predicted molar refractivity (Wildman–Crippen MR) is 127 cm³/mol. The number of ether oxygens (including phenoxy) is 4. The highest BCUT2D eigenvalue weighted by atomic mass is 19.4. The Kier molecular flexibility index (Phi) is 8.31. The molecule has 0 spiro atoms. The normalized spacial score (nSPS) is 18.2. The summed E-state index contributed by atoms with van der Waals surface area (Å²) in [6.07, 6.45) is -5.42. The number of hydrogen-bond donors (Lipinski definition) is 0. The van der Waals surface area contributed by atoms with Crippen LogP contribution < -0.4 is 9.47 Å². The second-order valence-electron chi connectivity index (χ2n) is 8.58. The molecule has 3 aromatic rings. The molecule has 5 nitrogen and oxygen atoms in total. The Hall–Kier alpha value is -3.83. The van der Waals surface area contributed by atoms with Crippen LogP contribution in [0.5, 0.6) is 11.5 Å². The molecule has 0 bridgehead atoms. The smallest absolute Gasteiger partial charge is 0.426 e. The molecular weight excluding hydrogens is 530 g/mol. The Labute approximate surface area is 219 Å². The molecule has 1 heterocycles. The van der Waals surface area contributed by atoms with Crippen molar-refractivity contribution in [2.75, 3.05) is 13.2 Å². The maximum Gasteiger partial charge on any atom is 0.426 e. The lowest BCUT2D eigenvalue weighted by molar-refractivity contribution is -0.198. The lowest BCUT2D eigenvalue weighted by atomic mass is 10.1. The third kappa shape index (κ3) is 6.98. The van der Waals surface area contributed by atoms with E-state index in [0.717, 1.165) is 30.3 Å². The van der Waals surface area contributed by atoms with Gasteiger partial charge in [-0.1, -0.05) is 24.3 Å². The van der Waals surface area contributed by atoms with E-state index in [-0.39, 0.29) is 17.2 Å². The SMILES string of the molecule is C/C=C/C1COC(c2ccc(C(F)(F)Oc3ccc(C(=O)Oc4ccc(C(F)(F)F)c(F)c4)cc3)cc2)OC1. The molecule has 0 aromatic heterocycles. The highest BCUT2D eigenvalue weighted by Gasteiger charge is 2.36. The molecule has 206 valence electrons. The summed E-state index contributed by atoms with van der Waals surface area (Å²) in [7, 11) is 0. The zero-order valence-corrected chi connectivity index (χ0v) is 20.4. The number of carbonyl (C=O) groups excluding carboxylic acids is 1. The summed E-state index contributed by atoms with van der Waals surface area (Å²) in [6, 6.07) is 11.4. The van der Waals surface area contributed by atoms with E-state index in [1.807, 2.05) is 19.1 Å². The summed E-state index contributed by atoms with van der Waals surface area (Å²) in [5.41, 5.74) is -1.49. The van der Waals surface area contributed by atoms with Gasteiger partial charge in [0.2, 0.25) is 0 Å². The molecule has 1 saturated heterocycles. The van der Waals surface area contributed by atoms with E-state index in [9.17, 15) is 31.1 Å². The fourth-order valence-corrected chi connectivity index (χ4v) is 3.75. The average Bonchev–Trinajstić information content (AvgIpc) is 2.89. The van der Waals surface area contributed by atoms with Crippen LogP contribution in [0.25, 0.3) is 0 Å². The van der Waals surface area contributed by atoms with Gasteiger partial charge in [0.1, 0.15) is 17.3 Å². The molecule has 4 rings (SSSR count). The second-order valence-corrected chi connectivity index (χ2v) is 8.58. The third-order valence-electron chi connectivity index (χ3n) is 5.70. The molecule has 0 saturated carbocycles. The molecule has 11 heteroatoms. The Balaban J connectivity index is 1.36. The maximum atomic E-state index is 14.8. The fourth-order valence-electron chi connectivity index (χ4n) is 3.75. The van der Waals surface area contributed by atoms with Crippen LogP contribution in [0.4, 0.5) is 26.3 Å². The Morgan fingerprint density at radius 3 is 2.08 bits per heavy atom. The predicted octanol–water partition coefficient (Wildman–Crippen LogP) is 7.43. The summed E-state index contributed by atoms with van der Waals surface area (Å²) in [5.74, 6) is -3.24. The van der Waals surface area contributed by atoms with Crippen LogP contribution in [-0.4, -0.2) is 19.2 Å². The van der Waals surface area contributed by atoms with Gasteiger partial charge in [0, 0.05) is 17.5 Å². The zero-order chi connectivity index (χ0) is 28.2. The highest BCUT2D eigenvalue weighted by Crippen LogP contribution is 2.35. The third-order valence-corrected chi connectivity index (χ3v) is 5.70. The van der Waals surface area contributed by atoms with Crippen molar-refractivity contribution in [3.63, 3.8) is 0 Å². The molecular formula is C28H22F6O5. The van der Waals surface area contributed by atoms with Crippen LogP contribution in [0.2, 0.25) is 0 Å². The monoisotopic (exact) mass is 552 g/mol. The molecule has 39 heavy (non-hydrogen) atoms. The van der Waals surface area contributed by atoms with Gasteiger partial charge in [0.05, 0.1) is 29.9 Å². The standard InChI is InChI=1S/C28H22F6O5/c1-2-3-17-15-36-26(37-16-17)19-4-8-20(9-5-19)28(33,34)39-21-10-6-18(7-11-21)25(35)38-22-12-13-23(24(29)14-22)27(30,31)32/h2-14,17,26H,15-16H2,1H3/b3-2+. The van der Waals surface area contributed by atoms with E-state index in [1.165, 1.54) is 24.3 Å². The number of esters is 1. The van der Waals surface area contributed by atoms with Crippen LogP contribution in [0.3, 0.4) is 0 Å². The zero-order valence-electron chi connectivity index (χ0n) is 20.4. The van der Waals surface area contributed by atoms with Crippen molar-refractivity contribution < 1.29 is 50.1 Å². The lowest BCUT2D eigenvalue weighted by Gasteiger charge is -2.28. The van der Waals surface area contributed by atoms with Gasteiger partial charge in [-0.3, -0.25) is 0 Å². The highest BCUT2D eigenvalue weighted by molar-refractivity contribution is 5.91. The second kappa shape index (κ2) is 11.5. The van der Waals surface area contributed by atoms with Crippen LogP contribution >= 0.6 is 0 Å². The van der Waals surface area contributed by atoms with Gasteiger partial charge in [-0.2, -0.15) is 22.0 Å². The van der Waals surface area contributed by atoms with Crippen molar-refractivity contribution in [2.24, 2.45) is 5.92 Å². The largest absolute Gasteiger partial charge is 0.429 e. The first-order chi connectivity index (χ1) is 18.5. The first-order valence-electron chi connectivity index (χ1n) is 11.7. The molecule has 0 aliphatic carbocycles. The van der Waals surface area contributed by atoms with E-state index in [2.05, 4.69) is 0 Å². The van der Waals surface area contributed by atoms with Crippen LogP contribution in [0.15, 0.2) is 78.9 Å². The van der Waals surface area contributed by atoms with Crippen molar-refractivity contribution in [1.82, 2.24) is 0 Å². The number of alkyl halides is 5. The summed E-state index contributed by atoms with van der Waals surface area (Å²) < 4.78 is 102. The molecule has 1 aliphatic rings. The van der Waals surface area contributed by atoms with Gasteiger partial charge in [-0.15, -0.1) is 0 Å². The van der Waals surface area contributed by atoms with E-state index in [0.29, 0.717) is 30.9 Å². The van der Waals surface area contributed by atoms with Crippen molar-refractivity contribution in [3.05, 3.63) is 107 Å². The van der Waals surface area contributed by atoms with Gasteiger partial charge in [0.15, 0.2) is 6.29 Å². The van der Waals surface area contributed by atoms with E-state index in [1.54, 1.807) is 0 Å². The topological polar surface area (TPSA) is 54.0 Å². The first-order valence-corrected chi connectivity index (χ1v) is 11.7. The van der Waals surface area contributed by atoms with Crippen LogP contribution in [0.1, 0.15) is 40.3 Å². The fraction of sp³-hybridized carbons (Fsp3) is 0.250. The van der Waals surface area contributed by atoms with Crippen molar-refractivity contribution in [3.8, 4) is 11.5 Å². The van der Waals surface area contributed by atoms with Crippen LogP contribution in [-0.2, 0) is 21.8 Å². The van der Waals surface area contributed by atoms with Gasteiger partial charge in [0.25, 0.3) is 0 Å². The number of carbonyl (C=O) groups is 1. The van der Waals surface area contributed by atoms with Crippen molar-refractivity contribution in [1.29, 1.82) is 0 Å².